The van der Waals surface area contributed by atoms with Gasteiger partial charge in [-0.25, -0.2) is 4.98 Å². The minimum Gasteiger partial charge on any atom is -0.441 e. The van der Waals surface area contributed by atoms with Crippen LogP contribution >= 0.6 is 0 Å². The van der Waals surface area contributed by atoms with E-state index in [0.29, 0.717) is 5.89 Å². The third-order valence-electron chi connectivity index (χ3n) is 2.91. The SMILES string of the molecule is CNC(C)(C)CNc1ccc2oc(C)nc2c1. The molecule has 0 radical (unpaired) electrons. The van der Waals surface area contributed by atoms with Crippen molar-refractivity contribution in [1.82, 2.24) is 10.3 Å². The van der Waals surface area contributed by atoms with E-state index in [2.05, 4.69) is 29.5 Å². The van der Waals surface area contributed by atoms with Crippen LogP contribution in [-0.2, 0) is 0 Å². The van der Waals surface area contributed by atoms with Gasteiger partial charge in [0.2, 0.25) is 0 Å². The number of likely N-dealkylation sites (N-methyl/N-ethyl adjacent to an activating group) is 1. The van der Waals surface area contributed by atoms with Crippen LogP contribution in [0.25, 0.3) is 11.1 Å². The van der Waals surface area contributed by atoms with Gasteiger partial charge in [-0.15, -0.1) is 0 Å². The van der Waals surface area contributed by atoms with Gasteiger partial charge in [-0.1, -0.05) is 0 Å². The number of anilines is 1. The molecule has 0 amide bonds. The molecule has 92 valence electrons. The van der Waals surface area contributed by atoms with Gasteiger partial charge in [-0.3, -0.25) is 0 Å². The van der Waals surface area contributed by atoms with E-state index in [-0.39, 0.29) is 5.54 Å². The maximum absolute atomic E-state index is 5.44. The first-order valence-corrected chi connectivity index (χ1v) is 5.80. The van der Waals surface area contributed by atoms with E-state index in [1.807, 2.05) is 32.2 Å². The van der Waals surface area contributed by atoms with Crippen molar-refractivity contribution in [2.75, 3.05) is 18.9 Å². The first-order valence-electron chi connectivity index (χ1n) is 5.80. The van der Waals surface area contributed by atoms with Crippen LogP contribution in [0, 0.1) is 6.92 Å². The number of rotatable bonds is 4. The molecular formula is C13H19N3O. The topological polar surface area (TPSA) is 50.1 Å². The molecule has 17 heavy (non-hydrogen) atoms. The standard InChI is InChI=1S/C13H19N3O/c1-9-16-11-7-10(5-6-12(11)17-9)15-8-13(2,3)14-4/h5-7,14-15H,8H2,1-4H3. The minimum absolute atomic E-state index is 0.0642. The Labute approximate surface area is 101 Å². The Bertz CT molecular complexity index is 516. The van der Waals surface area contributed by atoms with Gasteiger partial charge in [-0.05, 0) is 39.1 Å². The third-order valence-corrected chi connectivity index (χ3v) is 2.91. The van der Waals surface area contributed by atoms with Gasteiger partial charge in [0.15, 0.2) is 11.5 Å². The molecule has 0 aliphatic carbocycles. The highest BCUT2D eigenvalue weighted by Gasteiger charge is 2.14. The zero-order chi connectivity index (χ0) is 12.5. The molecular weight excluding hydrogens is 214 g/mol. The summed E-state index contributed by atoms with van der Waals surface area (Å²) in [6.45, 7) is 7.01. The Morgan fingerprint density at radius 3 is 2.82 bits per heavy atom. The first kappa shape index (κ1) is 11.9. The van der Waals surface area contributed by atoms with Crippen molar-refractivity contribution in [2.45, 2.75) is 26.3 Å². The fourth-order valence-electron chi connectivity index (χ4n) is 1.56. The number of hydrogen-bond donors (Lipinski definition) is 2. The summed E-state index contributed by atoms with van der Waals surface area (Å²) in [4.78, 5) is 4.32. The fraction of sp³-hybridized carbons (Fsp3) is 0.462. The number of hydrogen-bond acceptors (Lipinski definition) is 4. The monoisotopic (exact) mass is 233 g/mol. The van der Waals surface area contributed by atoms with E-state index >= 15 is 0 Å². The summed E-state index contributed by atoms with van der Waals surface area (Å²) >= 11 is 0. The van der Waals surface area contributed by atoms with Crippen molar-refractivity contribution in [1.29, 1.82) is 0 Å². The minimum atomic E-state index is 0.0642. The molecule has 0 saturated carbocycles. The van der Waals surface area contributed by atoms with Crippen molar-refractivity contribution in [2.24, 2.45) is 0 Å². The predicted molar refractivity (Wildman–Crippen MR) is 70.4 cm³/mol. The molecule has 2 N–H and O–H groups in total. The maximum atomic E-state index is 5.44. The Balaban J connectivity index is 2.14. The lowest BCUT2D eigenvalue weighted by molar-refractivity contribution is 0.448. The number of benzene rings is 1. The molecule has 0 fully saturated rings. The van der Waals surface area contributed by atoms with Crippen LogP contribution in [0.4, 0.5) is 5.69 Å². The Morgan fingerprint density at radius 2 is 2.12 bits per heavy atom. The van der Waals surface area contributed by atoms with Gasteiger partial charge < -0.3 is 15.1 Å². The summed E-state index contributed by atoms with van der Waals surface area (Å²) in [7, 11) is 1.96. The number of oxazole rings is 1. The van der Waals surface area contributed by atoms with Gasteiger partial charge in [-0.2, -0.15) is 0 Å². The van der Waals surface area contributed by atoms with Crippen LogP contribution in [0.5, 0.6) is 0 Å². The molecule has 2 rings (SSSR count). The van der Waals surface area contributed by atoms with Crippen LogP contribution in [0.3, 0.4) is 0 Å². The zero-order valence-electron chi connectivity index (χ0n) is 10.8. The van der Waals surface area contributed by atoms with Gasteiger partial charge in [0.25, 0.3) is 0 Å². The van der Waals surface area contributed by atoms with Crippen LogP contribution in [0.1, 0.15) is 19.7 Å². The van der Waals surface area contributed by atoms with Crippen molar-refractivity contribution in [3.8, 4) is 0 Å². The molecule has 0 bridgehead atoms. The third kappa shape index (κ3) is 2.77. The quantitative estimate of drug-likeness (QED) is 0.852. The van der Waals surface area contributed by atoms with Crippen molar-refractivity contribution in [3.63, 3.8) is 0 Å². The molecule has 0 atom stereocenters. The molecule has 1 aromatic heterocycles. The number of aryl methyl sites for hydroxylation is 1. The molecule has 2 aromatic rings. The van der Waals surface area contributed by atoms with E-state index in [1.165, 1.54) is 0 Å². The lowest BCUT2D eigenvalue weighted by Crippen LogP contribution is -2.42. The molecule has 0 aliphatic rings. The summed E-state index contributed by atoms with van der Waals surface area (Å²) < 4.78 is 5.44. The molecule has 0 aliphatic heterocycles. The normalized spacial score (nSPS) is 12.0. The van der Waals surface area contributed by atoms with Crippen molar-refractivity contribution < 1.29 is 4.42 Å². The van der Waals surface area contributed by atoms with Gasteiger partial charge >= 0.3 is 0 Å². The largest absolute Gasteiger partial charge is 0.441 e. The van der Waals surface area contributed by atoms with Gasteiger partial charge in [0.1, 0.15) is 5.52 Å². The Kier molecular flexibility index (Phi) is 3.07. The molecule has 1 heterocycles. The number of nitrogens with zero attached hydrogens (tertiary/aromatic N) is 1. The smallest absolute Gasteiger partial charge is 0.192 e. The summed E-state index contributed by atoms with van der Waals surface area (Å²) in [5, 5.41) is 6.65. The highest BCUT2D eigenvalue weighted by atomic mass is 16.3. The van der Waals surface area contributed by atoms with E-state index in [1.54, 1.807) is 0 Å². The molecule has 1 aromatic carbocycles. The first-order chi connectivity index (χ1) is 8.00. The second kappa shape index (κ2) is 4.37. The zero-order valence-corrected chi connectivity index (χ0v) is 10.8. The molecule has 0 spiro atoms. The Morgan fingerprint density at radius 1 is 1.35 bits per heavy atom. The highest BCUT2D eigenvalue weighted by molar-refractivity contribution is 5.77. The lowest BCUT2D eigenvalue weighted by atomic mass is 10.1. The van der Waals surface area contributed by atoms with Crippen molar-refractivity contribution >= 4 is 16.8 Å². The second-order valence-electron chi connectivity index (χ2n) is 4.90. The predicted octanol–water partition coefficient (Wildman–Crippen LogP) is 2.55. The number of fused-ring (bicyclic) bond motifs is 1. The average Bonchev–Trinajstić information content (AvgIpc) is 2.66. The summed E-state index contributed by atoms with van der Waals surface area (Å²) in [5.74, 6) is 0.702. The van der Waals surface area contributed by atoms with Crippen LogP contribution in [0.15, 0.2) is 22.6 Å². The van der Waals surface area contributed by atoms with Crippen molar-refractivity contribution in [3.05, 3.63) is 24.1 Å². The molecule has 4 heteroatoms. The number of nitrogens with one attached hydrogen (secondary N) is 2. The molecule has 4 nitrogen and oxygen atoms in total. The van der Waals surface area contributed by atoms with Gasteiger partial charge in [0.05, 0.1) is 0 Å². The summed E-state index contributed by atoms with van der Waals surface area (Å²) in [6, 6.07) is 5.97. The van der Waals surface area contributed by atoms with E-state index in [4.69, 9.17) is 4.42 Å². The van der Waals surface area contributed by atoms with Crippen LogP contribution in [-0.4, -0.2) is 24.1 Å². The van der Waals surface area contributed by atoms with E-state index in [0.717, 1.165) is 23.3 Å². The summed E-state index contributed by atoms with van der Waals surface area (Å²) in [5.41, 5.74) is 2.86. The van der Waals surface area contributed by atoms with E-state index in [9.17, 15) is 0 Å². The fourth-order valence-corrected chi connectivity index (χ4v) is 1.56. The van der Waals surface area contributed by atoms with Crippen LogP contribution < -0.4 is 10.6 Å². The Hall–Kier alpha value is -1.55. The van der Waals surface area contributed by atoms with E-state index < -0.39 is 0 Å². The highest BCUT2D eigenvalue weighted by Crippen LogP contribution is 2.20. The average molecular weight is 233 g/mol. The second-order valence-corrected chi connectivity index (χ2v) is 4.90. The molecule has 0 unspecified atom stereocenters. The van der Waals surface area contributed by atoms with Crippen LogP contribution in [0.2, 0.25) is 0 Å². The lowest BCUT2D eigenvalue weighted by Gasteiger charge is -2.24. The molecule has 0 saturated heterocycles. The van der Waals surface area contributed by atoms with Gasteiger partial charge in [0, 0.05) is 24.7 Å². The number of aromatic nitrogens is 1. The maximum Gasteiger partial charge on any atom is 0.192 e. The summed E-state index contributed by atoms with van der Waals surface area (Å²) in [6.07, 6.45) is 0.